The van der Waals surface area contributed by atoms with Gasteiger partial charge in [-0.15, -0.1) is 0 Å². The van der Waals surface area contributed by atoms with Crippen molar-refractivity contribution in [1.29, 1.82) is 0 Å². The van der Waals surface area contributed by atoms with Gasteiger partial charge in [0.15, 0.2) is 0 Å². The average molecular weight is 274 g/mol. The molecule has 0 aliphatic rings. The number of halogens is 1. The van der Waals surface area contributed by atoms with Crippen LogP contribution in [0.1, 0.15) is 15.9 Å². The lowest BCUT2D eigenvalue weighted by molar-refractivity contribution is 0.102. The van der Waals surface area contributed by atoms with E-state index in [0.717, 1.165) is 5.56 Å². The third-order valence-corrected chi connectivity index (χ3v) is 2.95. The molecule has 5 heteroatoms. The first-order valence-electron chi connectivity index (χ1n) is 6.03. The third-order valence-electron chi connectivity index (χ3n) is 2.95. The topological polar surface area (TPSA) is 64.3 Å². The molecule has 2 aromatic rings. The lowest BCUT2D eigenvalue weighted by Crippen LogP contribution is -2.16. The van der Waals surface area contributed by atoms with E-state index in [1.807, 2.05) is 0 Å². The van der Waals surface area contributed by atoms with Gasteiger partial charge < -0.3 is 15.8 Å². The quantitative estimate of drug-likeness (QED) is 0.846. The van der Waals surface area contributed by atoms with Crippen LogP contribution in [0.5, 0.6) is 5.75 Å². The van der Waals surface area contributed by atoms with E-state index in [2.05, 4.69) is 5.32 Å². The first-order valence-corrected chi connectivity index (χ1v) is 6.03. The van der Waals surface area contributed by atoms with Gasteiger partial charge in [-0.1, -0.05) is 12.1 Å². The van der Waals surface area contributed by atoms with Crippen molar-refractivity contribution >= 4 is 17.3 Å². The number of aryl methyl sites for hydroxylation is 1. The summed E-state index contributed by atoms with van der Waals surface area (Å²) in [5.74, 6) is -0.529. The number of rotatable bonds is 3. The molecule has 3 N–H and O–H groups in total. The summed E-state index contributed by atoms with van der Waals surface area (Å²) in [4.78, 5) is 12.2. The zero-order valence-electron chi connectivity index (χ0n) is 11.2. The van der Waals surface area contributed by atoms with Crippen LogP contribution >= 0.6 is 0 Å². The van der Waals surface area contributed by atoms with Gasteiger partial charge in [-0.25, -0.2) is 4.39 Å². The number of anilines is 2. The third kappa shape index (κ3) is 2.71. The Kier molecular flexibility index (Phi) is 3.89. The van der Waals surface area contributed by atoms with Crippen LogP contribution in [-0.4, -0.2) is 13.0 Å². The summed E-state index contributed by atoms with van der Waals surface area (Å²) in [5, 5.41) is 2.51. The lowest BCUT2D eigenvalue weighted by Gasteiger charge is -2.11. The number of methoxy groups -OCH3 is 1. The number of benzene rings is 2. The van der Waals surface area contributed by atoms with Crippen LogP contribution < -0.4 is 15.8 Å². The summed E-state index contributed by atoms with van der Waals surface area (Å²) in [6, 6.07) is 9.29. The fourth-order valence-corrected chi connectivity index (χ4v) is 1.91. The van der Waals surface area contributed by atoms with Gasteiger partial charge in [0.25, 0.3) is 5.91 Å². The van der Waals surface area contributed by atoms with Gasteiger partial charge in [0.2, 0.25) is 0 Å². The lowest BCUT2D eigenvalue weighted by atomic mass is 10.1. The van der Waals surface area contributed by atoms with Crippen LogP contribution in [0.2, 0.25) is 0 Å². The fraction of sp³-hybridized carbons (Fsp3) is 0.133. The molecule has 0 aliphatic heterocycles. The summed E-state index contributed by atoms with van der Waals surface area (Å²) in [7, 11) is 1.47. The van der Waals surface area contributed by atoms with Crippen molar-refractivity contribution in [1.82, 2.24) is 0 Å². The van der Waals surface area contributed by atoms with E-state index >= 15 is 0 Å². The fourth-order valence-electron chi connectivity index (χ4n) is 1.91. The minimum atomic E-state index is -0.536. The van der Waals surface area contributed by atoms with Crippen molar-refractivity contribution in [3.63, 3.8) is 0 Å². The van der Waals surface area contributed by atoms with E-state index in [1.165, 1.54) is 25.3 Å². The maximum Gasteiger partial charge on any atom is 0.258 e. The molecule has 1 amide bonds. The molecule has 20 heavy (non-hydrogen) atoms. The maximum atomic E-state index is 13.7. The minimum absolute atomic E-state index is 0.0528. The standard InChI is InChI=1S/C15H15FN2O2/c1-9-4-3-5-12(17)14(9)15(19)18-13-8-10(20-2)6-7-11(13)16/h3-8H,17H2,1-2H3,(H,18,19). The van der Waals surface area contributed by atoms with E-state index in [0.29, 0.717) is 17.0 Å². The molecule has 2 rings (SSSR count). The number of nitrogens with two attached hydrogens (primary N) is 1. The summed E-state index contributed by atoms with van der Waals surface area (Å²) in [5.41, 5.74) is 7.27. The molecule has 0 saturated heterocycles. The Bertz CT molecular complexity index is 636. The Labute approximate surface area is 116 Å². The highest BCUT2D eigenvalue weighted by Crippen LogP contribution is 2.23. The van der Waals surface area contributed by atoms with Crippen LogP contribution in [0.15, 0.2) is 36.4 Å². The SMILES string of the molecule is COc1ccc(F)c(NC(=O)c2c(C)cccc2N)c1. The van der Waals surface area contributed by atoms with Crippen molar-refractivity contribution in [2.45, 2.75) is 6.92 Å². The second-order valence-corrected chi connectivity index (χ2v) is 4.34. The van der Waals surface area contributed by atoms with E-state index < -0.39 is 11.7 Å². The van der Waals surface area contributed by atoms with E-state index in [9.17, 15) is 9.18 Å². The molecule has 4 nitrogen and oxygen atoms in total. The van der Waals surface area contributed by atoms with Crippen LogP contribution in [0, 0.1) is 12.7 Å². The Balaban J connectivity index is 2.33. The molecule has 0 radical (unpaired) electrons. The van der Waals surface area contributed by atoms with Crippen molar-refractivity contribution in [3.05, 3.63) is 53.3 Å². The van der Waals surface area contributed by atoms with E-state index in [1.54, 1.807) is 25.1 Å². The first-order chi connectivity index (χ1) is 9.52. The highest BCUT2D eigenvalue weighted by Gasteiger charge is 2.15. The number of ether oxygens (including phenoxy) is 1. The molecule has 0 spiro atoms. The van der Waals surface area contributed by atoms with E-state index in [4.69, 9.17) is 10.5 Å². The van der Waals surface area contributed by atoms with Gasteiger partial charge >= 0.3 is 0 Å². The van der Waals surface area contributed by atoms with Crippen molar-refractivity contribution < 1.29 is 13.9 Å². The molecular formula is C15H15FN2O2. The number of carbonyl (C=O) groups is 1. The maximum absolute atomic E-state index is 13.7. The number of amides is 1. The summed E-state index contributed by atoms with van der Waals surface area (Å²) < 4.78 is 18.7. The highest BCUT2D eigenvalue weighted by atomic mass is 19.1. The zero-order chi connectivity index (χ0) is 14.7. The average Bonchev–Trinajstić information content (AvgIpc) is 2.41. The Morgan fingerprint density at radius 3 is 2.70 bits per heavy atom. The summed E-state index contributed by atoms with van der Waals surface area (Å²) in [6.07, 6.45) is 0. The number of carbonyl (C=O) groups excluding carboxylic acids is 1. The molecule has 0 aliphatic carbocycles. The predicted molar refractivity (Wildman–Crippen MR) is 76.5 cm³/mol. The molecule has 0 unspecified atom stereocenters. The molecule has 0 fully saturated rings. The molecule has 0 heterocycles. The van der Waals surface area contributed by atoms with Crippen molar-refractivity contribution in [3.8, 4) is 5.75 Å². The number of hydrogen-bond donors (Lipinski definition) is 2. The van der Waals surface area contributed by atoms with Gasteiger partial charge in [-0.3, -0.25) is 4.79 Å². The normalized spacial score (nSPS) is 10.2. The molecular weight excluding hydrogens is 259 g/mol. The highest BCUT2D eigenvalue weighted by molar-refractivity contribution is 6.08. The number of nitrogen functional groups attached to an aromatic ring is 1. The van der Waals surface area contributed by atoms with Gasteiger partial charge in [0, 0.05) is 11.8 Å². The Morgan fingerprint density at radius 1 is 1.30 bits per heavy atom. The van der Waals surface area contributed by atoms with Crippen LogP contribution in [0.25, 0.3) is 0 Å². The van der Waals surface area contributed by atoms with E-state index in [-0.39, 0.29) is 5.69 Å². The van der Waals surface area contributed by atoms with Crippen molar-refractivity contribution in [2.75, 3.05) is 18.2 Å². The zero-order valence-corrected chi connectivity index (χ0v) is 11.2. The predicted octanol–water partition coefficient (Wildman–Crippen LogP) is 2.98. The van der Waals surface area contributed by atoms with Crippen LogP contribution in [0.4, 0.5) is 15.8 Å². The molecule has 0 atom stereocenters. The number of nitrogens with one attached hydrogen (secondary N) is 1. The summed E-state index contributed by atoms with van der Waals surface area (Å²) in [6.45, 7) is 1.77. The first kappa shape index (κ1) is 13.9. The monoisotopic (exact) mass is 274 g/mol. The smallest absolute Gasteiger partial charge is 0.258 e. The van der Waals surface area contributed by atoms with Crippen LogP contribution in [0.3, 0.4) is 0 Å². The van der Waals surface area contributed by atoms with Crippen molar-refractivity contribution in [2.24, 2.45) is 0 Å². The molecule has 0 aromatic heterocycles. The molecule has 2 aromatic carbocycles. The largest absolute Gasteiger partial charge is 0.497 e. The molecule has 0 saturated carbocycles. The second kappa shape index (κ2) is 5.61. The van der Waals surface area contributed by atoms with Gasteiger partial charge in [-0.2, -0.15) is 0 Å². The van der Waals surface area contributed by atoms with Gasteiger partial charge in [0.1, 0.15) is 11.6 Å². The molecule has 104 valence electrons. The summed E-state index contributed by atoms with van der Waals surface area (Å²) >= 11 is 0. The minimum Gasteiger partial charge on any atom is -0.497 e. The Hall–Kier alpha value is -2.56. The molecule has 0 bridgehead atoms. The second-order valence-electron chi connectivity index (χ2n) is 4.34. The van der Waals surface area contributed by atoms with Gasteiger partial charge in [-0.05, 0) is 30.7 Å². The van der Waals surface area contributed by atoms with Gasteiger partial charge in [0.05, 0.1) is 18.4 Å². The number of hydrogen-bond acceptors (Lipinski definition) is 3. The van der Waals surface area contributed by atoms with Crippen LogP contribution in [-0.2, 0) is 0 Å². The Morgan fingerprint density at radius 2 is 2.05 bits per heavy atom.